The van der Waals surface area contributed by atoms with E-state index in [0.717, 1.165) is 22.6 Å². The Morgan fingerprint density at radius 2 is 1.67 bits per heavy atom. The average Bonchev–Trinajstić information content (AvgIpc) is 2.90. The van der Waals surface area contributed by atoms with Gasteiger partial charge in [-0.3, -0.25) is 0 Å². The largest absolute Gasteiger partial charge is 0.476 e. The topological polar surface area (TPSA) is 112 Å². The number of pyridine rings is 1. The number of anilines is 4. The molecule has 1 aliphatic carbocycles. The van der Waals surface area contributed by atoms with Gasteiger partial charge in [0.2, 0.25) is 10.0 Å². The van der Waals surface area contributed by atoms with E-state index in [-0.39, 0.29) is 10.7 Å². The van der Waals surface area contributed by atoms with Crippen LogP contribution in [-0.4, -0.2) is 38.6 Å². The molecule has 190 valence electrons. The summed E-state index contributed by atoms with van der Waals surface area (Å²) in [5, 5.41) is 12.6. The van der Waals surface area contributed by atoms with Crippen molar-refractivity contribution >= 4 is 38.9 Å². The lowest BCUT2D eigenvalue weighted by molar-refractivity contribution is 0.0686. The number of hydrogen-bond acceptors (Lipinski definition) is 6. The SMILES string of the molecule is CNS(=O)(=O)c1ccc(Nc2ccc(N(C)c3ccc(C4CCCCC4)cc3)cc2C)nc1C(=O)O. The summed E-state index contributed by atoms with van der Waals surface area (Å²) < 4.78 is 26.4. The van der Waals surface area contributed by atoms with Gasteiger partial charge in [0.05, 0.1) is 0 Å². The summed E-state index contributed by atoms with van der Waals surface area (Å²) in [4.78, 5) is 17.4. The molecular weight excluding hydrogens is 476 g/mol. The summed E-state index contributed by atoms with van der Waals surface area (Å²) in [7, 11) is -0.700. The zero-order valence-corrected chi connectivity index (χ0v) is 21.6. The molecule has 0 atom stereocenters. The fourth-order valence-electron chi connectivity index (χ4n) is 4.69. The molecule has 0 aliphatic heterocycles. The Morgan fingerprint density at radius 3 is 2.28 bits per heavy atom. The number of aryl methyl sites for hydroxylation is 1. The first-order valence-corrected chi connectivity index (χ1v) is 13.6. The monoisotopic (exact) mass is 508 g/mol. The Balaban J connectivity index is 1.52. The molecular formula is C27H32N4O4S. The molecule has 0 radical (unpaired) electrons. The number of carbonyl (C=O) groups is 1. The van der Waals surface area contributed by atoms with Gasteiger partial charge in [0, 0.05) is 24.1 Å². The molecule has 4 rings (SSSR count). The van der Waals surface area contributed by atoms with E-state index in [9.17, 15) is 18.3 Å². The van der Waals surface area contributed by atoms with Crippen molar-refractivity contribution < 1.29 is 18.3 Å². The number of benzene rings is 2. The number of nitrogens with one attached hydrogen (secondary N) is 2. The quantitative estimate of drug-likeness (QED) is 0.365. The van der Waals surface area contributed by atoms with Gasteiger partial charge in [-0.2, -0.15) is 0 Å². The van der Waals surface area contributed by atoms with E-state index < -0.39 is 21.7 Å². The average molecular weight is 509 g/mol. The van der Waals surface area contributed by atoms with Gasteiger partial charge in [-0.25, -0.2) is 22.9 Å². The van der Waals surface area contributed by atoms with Gasteiger partial charge in [-0.05, 0) is 86.3 Å². The van der Waals surface area contributed by atoms with Crippen LogP contribution >= 0.6 is 0 Å². The van der Waals surface area contributed by atoms with Crippen molar-refractivity contribution in [2.45, 2.75) is 49.8 Å². The lowest BCUT2D eigenvalue weighted by Gasteiger charge is -2.24. The first-order chi connectivity index (χ1) is 17.2. The lowest BCUT2D eigenvalue weighted by atomic mass is 9.84. The number of sulfonamides is 1. The Morgan fingerprint density at radius 1 is 1.00 bits per heavy atom. The smallest absolute Gasteiger partial charge is 0.356 e. The highest BCUT2D eigenvalue weighted by Crippen LogP contribution is 2.34. The zero-order valence-electron chi connectivity index (χ0n) is 20.8. The van der Waals surface area contributed by atoms with E-state index in [4.69, 9.17) is 0 Å². The van der Waals surface area contributed by atoms with E-state index >= 15 is 0 Å². The van der Waals surface area contributed by atoms with Crippen molar-refractivity contribution in [3.8, 4) is 0 Å². The van der Waals surface area contributed by atoms with Crippen molar-refractivity contribution in [2.75, 3.05) is 24.3 Å². The Hall–Kier alpha value is -3.43. The first kappa shape index (κ1) is 25.7. The fourth-order valence-corrected chi connectivity index (χ4v) is 5.54. The predicted molar refractivity (Wildman–Crippen MR) is 142 cm³/mol. The van der Waals surface area contributed by atoms with Crippen LogP contribution in [-0.2, 0) is 10.0 Å². The zero-order chi connectivity index (χ0) is 25.9. The number of carboxylic acid groups (broad SMARTS) is 1. The maximum Gasteiger partial charge on any atom is 0.356 e. The fraction of sp³-hybridized carbons (Fsp3) is 0.333. The van der Waals surface area contributed by atoms with Gasteiger partial charge in [0.25, 0.3) is 0 Å². The van der Waals surface area contributed by atoms with Gasteiger partial charge in [0.15, 0.2) is 5.69 Å². The predicted octanol–water partition coefficient (Wildman–Crippen LogP) is 5.56. The summed E-state index contributed by atoms with van der Waals surface area (Å²) in [5.74, 6) is -0.506. The van der Waals surface area contributed by atoms with Crippen LogP contribution in [0.25, 0.3) is 0 Å². The van der Waals surface area contributed by atoms with Crippen molar-refractivity contribution in [1.29, 1.82) is 0 Å². The van der Waals surface area contributed by atoms with Gasteiger partial charge in [-0.1, -0.05) is 31.4 Å². The minimum absolute atomic E-state index is 0.241. The number of rotatable bonds is 8. The first-order valence-electron chi connectivity index (χ1n) is 12.1. The van der Waals surface area contributed by atoms with Crippen LogP contribution in [0, 0.1) is 6.92 Å². The minimum atomic E-state index is -3.95. The number of aromatic carboxylic acids is 1. The maximum absolute atomic E-state index is 12.1. The third-order valence-electron chi connectivity index (χ3n) is 6.84. The van der Waals surface area contributed by atoms with Crippen molar-refractivity contribution in [3.63, 3.8) is 0 Å². The van der Waals surface area contributed by atoms with E-state index in [1.165, 1.54) is 56.8 Å². The molecule has 1 aromatic heterocycles. The van der Waals surface area contributed by atoms with Crippen LogP contribution in [0.1, 0.15) is 59.6 Å². The molecule has 0 unspecified atom stereocenters. The Labute approximate surface area is 212 Å². The lowest BCUT2D eigenvalue weighted by Crippen LogP contribution is -2.22. The standard InChI is InChI=1S/C27H32N4O4S/c1-18-17-22(31(3)21-11-9-20(10-12-21)19-7-5-4-6-8-19)13-14-23(18)29-25-16-15-24(36(34,35)28-2)26(30-25)27(32)33/h9-17,19,28H,4-8H2,1-3H3,(H,29,30)(H,32,33). The molecule has 1 aliphatic rings. The van der Waals surface area contributed by atoms with Crippen LogP contribution in [0.15, 0.2) is 59.5 Å². The van der Waals surface area contributed by atoms with Gasteiger partial charge < -0.3 is 15.3 Å². The molecule has 0 bridgehead atoms. The molecule has 36 heavy (non-hydrogen) atoms. The minimum Gasteiger partial charge on any atom is -0.476 e. The highest BCUT2D eigenvalue weighted by atomic mass is 32.2. The molecule has 1 saturated carbocycles. The van der Waals surface area contributed by atoms with E-state index in [2.05, 4.69) is 44.2 Å². The van der Waals surface area contributed by atoms with Gasteiger partial charge in [-0.15, -0.1) is 0 Å². The molecule has 1 heterocycles. The third-order valence-corrected chi connectivity index (χ3v) is 8.28. The molecule has 9 heteroatoms. The molecule has 2 aromatic carbocycles. The van der Waals surface area contributed by atoms with Gasteiger partial charge >= 0.3 is 5.97 Å². The van der Waals surface area contributed by atoms with Crippen LogP contribution in [0.2, 0.25) is 0 Å². The Kier molecular flexibility index (Phi) is 7.61. The molecule has 3 aromatic rings. The van der Waals surface area contributed by atoms with Crippen molar-refractivity contribution in [2.24, 2.45) is 0 Å². The number of nitrogens with zero attached hydrogens (tertiary/aromatic N) is 2. The summed E-state index contributed by atoms with van der Waals surface area (Å²) in [6.45, 7) is 1.95. The number of aromatic nitrogens is 1. The van der Waals surface area contributed by atoms with Crippen LogP contribution in [0.3, 0.4) is 0 Å². The molecule has 8 nitrogen and oxygen atoms in total. The van der Waals surface area contributed by atoms with Crippen molar-refractivity contribution in [3.05, 3.63) is 71.4 Å². The molecule has 0 spiro atoms. The summed E-state index contributed by atoms with van der Waals surface area (Å²) >= 11 is 0. The van der Waals surface area contributed by atoms with E-state index in [1.807, 2.05) is 32.2 Å². The highest BCUT2D eigenvalue weighted by molar-refractivity contribution is 7.89. The second-order valence-electron chi connectivity index (χ2n) is 9.17. The van der Waals surface area contributed by atoms with Crippen LogP contribution in [0.5, 0.6) is 0 Å². The van der Waals surface area contributed by atoms with Gasteiger partial charge in [0.1, 0.15) is 10.7 Å². The number of carboxylic acids is 1. The second kappa shape index (κ2) is 10.7. The summed E-state index contributed by atoms with van der Waals surface area (Å²) in [6, 6.07) is 17.4. The normalized spacial score (nSPS) is 14.4. The van der Waals surface area contributed by atoms with Crippen molar-refractivity contribution in [1.82, 2.24) is 9.71 Å². The van der Waals surface area contributed by atoms with Crippen LogP contribution in [0.4, 0.5) is 22.9 Å². The summed E-state index contributed by atoms with van der Waals surface area (Å²) in [6.07, 6.45) is 6.54. The highest BCUT2D eigenvalue weighted by Gasteiger charge is 2.23. The molecule has 3 N–H and O–H groups in total. The summed E-state index contributed by atoms with van der Waals surface area (Å²) in [5.41, 5.74) is 4.67. The third kappa shape index (κ3) is 5.52. The van der Waals surface area contributed by atoms with E-state index in [0.29, 0.717) is 5.92 Å². The Bertz CT molecular complexity index is 1350. The number of hydrogen-bond donors (Lipinski definition) is 3. The second-order valence-corrected chi connectivity index (χ2v) is 11.0. The maximum atomic E-state index is 12.1. The molecule has 0 saturated heterocycles. The van der Waals surface area contributed by atoms with E-state index in [1.54, 1.807) is 0 Å². The molecule has 1 fully saturated rings. The molecule has 0 amide bonds. The van der Waals surface area contributed by atoms with Crippen LogP contribution < -0.4 is 14.9 Å².